The van der Waals surface area contributed by atoms with Gasteiger partial charge in [0, 0.05) is 17.8 Å². The normalized spacial score (nSPS) is 10.8. The number of anilines is 1. The maximum Gasteiger partial charge on any atom is 0.352 e. The van der Waals surface area contributed by atoms with Crippen molar-refractivity contribution in [2.24, 2.45) is 0 Å². The molecule has 1 amide bonds. The predicted molar refractivity (Wildman–Crippen MR) is 96.6 cm³/mol. The van der Waals surface area contributed by atoms with Gasteiger partial charge in [0.2, 0.25) is 5.91 Å². The van der Waals surface area contributed by atoms with Gasteiger partial charge in [0.15, 0.2) is 0 Å². The van der Waals surface area contributed by atoms with Crippen LogP contribution in [0.25, 0.3) is 10.2 Å². The third-order valence-electron chi connectivity index (χ3n) is 3.97. The van der Waals surface area contributed by atoms with Gasteiger partial charge in [0.25, 0.3) is 0 Å². The van der Waals surface area contributed by atoms with Gasteiger partial charge in [0.1, 0.15) is 18.5 Å². The van der Waals surface area contributed by atoms with Gasteiger partial charge in [0.05, 0.1) is 10.2 Å². The van der Waals surface area contributed by atoms with Crippen LogP contribution in [0.1, 0.15) is 27.8 Å². The molecule has 0 spiro atoms. The molecule has 2 aromatic heterocycles. The molecule has 0 atom stereocenters. The van der Waals surface area contributed by atoms with Gasteiger partial charge < -0.3 is 14.6 Å². The number of carbonyl (C=O) groups excluding carboxylic acids is 2. The number of carboxylic acid groups (broad SMARTS) is 1. The lowest BCUT2D eigenvalue weighted by atomic mass is 10.2. The number of nitrogens with zero attached hydrogens (tertiary/aromatic N) is 2. The maximum absolute atomic E-state index is 12.8. The predicted octanol–water partition coefficient (Wildman–Crippen LogP) is 3.27. The highest BCUT2D eigenvalue weighted by molar-refractivity contribution is 7.17. The number of carboxylic acids is 1. The summed E-state index contributed by atoms with van der Waals surface area (Å²) in [5.41, 5.74) is 1.92. The quantitative estimate of drug-likeness (QED) is 0.688. The van der Waals surface area contributed by atoms with Crippen molar-refractivity contribution in [2.45, 2.75) is 13.5 Å². The molecule has 1 N–H and O–H groups in total. The summed E-state index contributed by atoms with van der Waals surface area (Å²) in [6.45, 7) is 2.16. The minimum atomic E-state index is -1.07. The average Bonchev–Trinajstić information content (AvgIpc) is 3.18. The Morgan fingerprint density at radius 1 is 1.28 bits per heavy atom. The SMILES string of the molecule is CCN(C(=O)Cn1c(C(=O)O)cc2sccc21)c1cccc(C=O)c1. The van der Waals surface area contributed by atoms with Gasteiger partial charge in [-0.05, 0) is 36.6 Å². The Bertz CT molecular complexity index is 957. The van der Waals surface area contributed by atoms with Crippen molar-refractivity contribution >= 4 is 45.4 Å². The highest BCUT2D eigenvalue weighted by Crippen LogP contribution is 2.26. The van der Waals surface area contributed by atoms with Gasteiger partial charge >= 0.3 is 5.97 Å². The highest BCUT2D eigenvalue weighted by atomic mass is 32.1. The third-order valence-corrected chi connectivity index (χ3v) is 4.82. The Labute approximate surface area is 147 Å². The van der Waals surface area contributed by atoms with E-state index in [0.717, 1.165) is 16.5 Å². The van der Waals surface area contributed by atoms with Crippen LogP contribution in [0.4, 0.5) is 5.69 Å². The Kier molecular flexibility index (Phi) is 4.67. The third kappa shape index (κ3) is 3.18. The van der Waals surface area contributed by atoms with Crippen LogP contribution in [-0.2, 0) is 11.3 Å². The molecule has 25 heavy (non-hydrogen) atoms. The van der Waals surface area contributed by atoms with Crippen LogP contribution in [0.3, 0.4) is 0 Å². The van der Waals surface area contributed by atoms with E-state index in [1.807, 2.05) is 18.4 Å². The summed E-state index contributed by atoms with van der Waals surface area (Å²) in [5.74, 6) is -1.31. The summed E-state index contributed by atoms with van der Waals surface area (Å²) in [5, 5.41) is 11.3. The topological polar surface area (TPSA) is 79.6 Å². The Balaban J connectivity index is 1.95. The summed E-state index contributed by atoms with van der Waals surface area (Å²) >= 11 is 1.43. The van der Waals surface area contributed by atoms with Crippen molar-refractivity contribution < 1.29 is 19.5 Å². The van der Waals surface area contributed by atoms with Crippen molar-refractivity contribution in [1.29, 1.82) is 0 Å². The minimum absolute atomic E-state index is 0.0823. The summed E-state index contributed by atoms with van der Waals surface area (Å²) in [7, 11) is 0. The molecular formula is C18H16N2O4S. The first-order chi connectivity index (χ1) is 12.0. The van der Waals surface area contributed by atoms with Crippen LogP contribution in [-0.4, -0.2) is 34.4 Å². The summed E-state index contributed by atoms with van der Waals surface area (Å²) < 4.78 is 2.35. The number of thiophene rings is 1. The van der Waals surface area contributed by atoms with Crippen LogP contribution in [0.2, 0.25) is 0 Å². The second-order valence-corrected chi connectivity index (χ2v) is 6.39. The number of hydrogen-bond acceptors (Lipinski definition) is 4. The van der Waals surface area contributed by atoms with Crippen molar-refractivity contribution in [3.8, 4) is 0 Å². The van der Waals surface area contributed by atoms with Crippen molar-refractivity contribution in [1.82, 2.24) is 4.57 Å². The van der Waals surface area contributed by atoms with Crippen LogP contribution < -0.4 is 4.90 Å². The zero-order chi connectivity index (χ0) is 18.0. The molecule has 128 valence electrons. The summed E-state index contributed by atoms with van der Waals surface area (Å²) in [6, 6.07) is 10.2. The molecule has 0 aliphatic carbocycles. The standard InChI is InChI=1S/C18H16N2O4S/c1-2-19(13-5-3-4-12(8-13)11-21)17(22)10-20-14-6-7-25-16(14)9-15(20)18(23)24/h3-9,11H,2,10H2,1H3,(H,23,24). The van der Waals surface area contributed by atoms with Crippen molar-refractivity contribution in [2.75, 3.05) is 11.4 Å². The number of rotatable bonds is 6. The molecular weight excluding hydrogens is 340 g/mol. The zero-order valence-corrected chi connectivity index (χ0v) is 14.3. The van der Waals surface area contributed by atoms with E-state index in [-0.39, 0.29) is 18.1 Å². The van der Waals surface area contributed by atoms with E-state index >= 15 is 0 Å². The number of fused-ring (bicyclic) bond motifs is 1. The molecule has 2 heterocycles. The van der Waals surface area contributed by atoms with Gasteiger partial charge in [-0.2, -0.15) is 0 Å². The molecule has 3 rings (SSSR count). The van der Waals surface area contributed by atoms with Gasteiger partial charge in [-0.15, -0.1) is 11.3 Å². The van der Waals surface area contributed by atoms with E-state index in [0.29, 0.717) is 17.8 Å². The number of carbonyl (C=O) groups is 3. The largest absolute Gasteiger partial charge is 0.477 e. The zero-order valence-electron chi connectivity index (χ0n) is 13.5. The summed E-state index contributed by atoms with van der Waals surface area (Å²) in [6.07, 6.45) is 0.727. The molecule has 0 saturated heterocycles. The first-order valence-corrected chi connectivity index (χ1v) is 8.58. The number of aromatic nitrogens is 1. The molecule has 0 saturated carbocycles. The monoisotopic (exact) mass is 356 g/mol. The van der Waals surface area contributed by atoms with Gasteiger partial charge in [-0.25, -0.2) is 4.79 Å². The lowest BCUT2D eigenvalue weighted by Gasteiger charge is -2.22. The molecule has 7 heteroatoms. The first kappa shape index (κ1) is 16.9. The van der Waals surface area contributed by atoms with Gasteiger partial charge in [-0.3, -0.25) is 9.59 Å². The molecule has 6 nitrogen and oxygen atoms in total. The molecule has 1 aromatic carbocycles. The number of aldehydes is 1. The lowest BCUT2D eigenvalue weighted by molar-refractivity contribution is -0.119. The molecule has 0 bridgehead atoms. The van der Waals surface area contributed by atoms with Crippen LogP contribution >= 0.6 is 11.3 Å². The molecule has 0 aliphatic rings. The molecule has 0 unspecified atom stereocenters. The van der Waals surface area contributed by atoms with Gasteiger partial charge in [-0.1, -0.05) is 12.1 Å². The number of benzene rings is 1. The number of likely N-dealkylation sites (N-methyl/N-ethyl adjacent to an activating group) is 1. The van der Waals surface area contributed by atoms with Crippen LogP contribution in [0, 0.1) is 0 Å². The summed E-state index contributed by atoms with van der Waals surface area (Å²) in [4.78, 5) is 36.8. The van der Waals surface area contributed by atoms with E-state index in [4.69, 9.17) is 0 Å². The fourth-order valence-corrected chi connectivity index (χ4v) is 3.64. The Hall–Kier alpha value is -2.93. The maximum atomic E-state index is 12.8. The number of aromatic carboxylic acids is 1. The smallest absolute Gasteiger partial charge is 0.352 e. The van der Waals surface area contributed by atoms with Crippen LogP contribution in [0.5, 0.6) is 0 Å². The Morgan fingerprint density at radius 3 is 2.76 bits per heavy atom. The van der Waals surface area contributed by atoms with Crippen LogP contribution in [0.15, 0.2) is 41.8 Å². The van der Waals surface area contributed by atoms with E-state index in [1.165, 1.54) is 20.8 Å². The molecule has 0 fully saturated rings. The minimum Gasteiger partial charge on any atom is -0.477 e. The Morgan fingerprint density at radius 2 is 2.08 bits per heavy atom. The second kappa shape index (κ2) is 6.90. The average molecular weight is 356 g/mol. The molecule has 0 aliphatic heterocycles. The van der Waals surface area contributed by atoms with Crippen molar-refractivity contribution in [3.05, 3.63) is 53.0 Å². The second-order valence-electron chi connectivity index (χ2n) is 5.44. The number of hydrogen-bond donors (Lipinski definition) is 1. The number of amides is 1. The fourth-order valence-electron chi connectivity index (χ4n) is 2.81. The fraction of sp³-hybridized carbons (Fsp3) is 0.167. The first-order valence-electron chi connectivity index (χ1n) is 7.70. The van der Waals surface area contributed by atoms with E-state index in [9.17, 15) is 19.5 Å². The van der Waals surface area contributed by atoms with Crippen molar-refractivity contribution in [3.63, 3.8) is 0 Å². The lowest BCUT2D eigenvalue weighted by Crippen LogP contribution is -2.34. The molecule has 3 aromatic rings. The van der Waals surface area contributed by atoms with E-state index in [1.54, 1.807) is 30.3 Å². The van der Waals surface area contributed by atoms with E-state index in [2.05, 4.69) is 0 Å². The molecule has 0 radical (unpaired) electrons. The van der Waals surface area contributed by atoms with E-state index < -0.39 is 5.97 Å². The highest BCUT2D eigenvalue weighted by Gasteiger charge is 2.21.